The lowest BCUT2D eigenvalue weighted by molar-refractivity contribution is -0.174. The topological polar surface area (TPSA) is 162 Å². The lowest BCUT2D eigenvalue weighted by atomic mass is 9.99. The van der Waals surface area contributed by atoms with Crippen molar-refractivity contribution in [1.82, 2.24) is 9.55 Å². The number of carboxylic acids is 1. The molecule has 0 bridgehead atoms. The van der Waals surface area contributed by atoms with Crippen LogP contribution in [0, 0.1) is 0 Å². The maximum atomic E-state index is 11.8. The quantitative estimate of drug-likeness (QED) is 0.388. The van der Waals surface area contributed by atoms with E-state index in [4.69, 9.17) is 14.9 Å². The number of carboxylic acid groups (broad SMARTS) is 1. The Morgan fingerprint density at radius 2 is 2.10 bits per heavy atom. The van der Waals surface area contributed by atoms with Crippen LogP contribution in [0.5, 0.6) is 0 Å². The summed E-state index contributed by atoms with van der Waals surface area (Å²) in [5, 5.41) is 38.0. The number of carbonyl (C=O) groups is 1. The first kappa shape index (κ1) is 15.4. The molecule has 10 heteroatoms. The van der Waals surface area contributed by atoms with Crippen LogP contribution in [0.25, 0.3) is 0 Å². The number of hydrogen-bond acceptors (Lipinski definition) is 7. The average Bonchev–Trinajstić information content (AvgIpc) is 2.63. The van der Waals surface area contributed by atoms with Gasteiger partial charge in [-0.3, -0.25) is 19.1 Å². The Labute approximate surface area is 116 Å². The van der Waals surface area contributed by atoms with Crippen molar-refractivity contribution in [2.24, 2.45) is 0 Å². The van der Waals surface area contributed by atoms with Gasteiger partial charge in [-0.05, 0) is 0 Å². The van der Waals surface area contributed by atoms with Crippen molar-refractivity contribution in [3.05, 3.63) is 33.1 Å². The highest BCUT2D eigenvalue weighted by atomic mass is 16.6. The fourth-order valence-electron chi connectivity index (χ4n) is 2.38. The summed E-state index contributed by atoms with van der Waals surface area (Å²) in [5.74, 6) is -1.40. The van der Waals surface area contributed by atoms with Crippen molar-refractivity contribution in [1.29, 1.82) is 0 Å². The molecule has 0 aromatic carbocycles. The molecule has 2 heterocycles. The molecule has 116 valence electrons. The second-order valence-corrected chi connectivity index (χ2v) is 4.67. The predicted molar refractivity (Wildman–Crippen MR) is 65.5 cm³/mol. The molecule has 0 spiro atoms. The van der Waals surface area contributed by atoms with E-state index in [2.05, 4.69) is 0 Å². The summed E-state index contributed by atoms with van der Waals surface area (Å²) in [6.45, 7) is -0.683. The maximum Gasteiger partial charge on any atom is 0.330 e. The minimum Gasteiger partial charge on any atom is -0.481 e. The standard InChI is InChI=1S/C11H14N2O8/c14-4-5-8(18)9(19)11(21-5,3-7(16)17)13-2-1-6(15)12-10(13)20/h1-2,5,8-9,14,18-19H,3-4H2,(H,16,17)(H,12,15,20)/t5-,8-,9-,11-/m1/s1. The fraction of sp³-hybridized carbons (Fsp3) is 0.545. The largest absolute Gasteiger partial charge is 0.481 e. The molecule has 0 radical (unpaired) electrons. The van der Waals surface area contributed by atoms with Crippen molar-refractivity contribution >= 4 is 5.97 Å². The Balaban J connectivity index is 2.60. The minimum absolute atomic E-state index is 0.683. The maximum absolute atomic E-state index is 11.8. The molecule has 1 saturated heterocycles. The summed E-state index contributed by atoms with van der Waals surface area (Å²) in [5.41, 5.74) is -3.85. The van der Waals surface area contributed by atoms with E-state index in [1.807, 2.05) is 4.98 Å². The molecule has 1 fully saturated rings. The summed E-state index contributed by atoms with van der Waals surface area (Å²) in [6.07, 6.45) is -4.53. The molecule has 0 saturated carbocycles. The SMILES string of the molecule is O=C(O)C[C@@]1(n2ccc(=O)[nH]c2=O)O[C@H](CO)[C@@H](O)[C@H]1O. The highest BCUT2D eigenvalue weighted by Gasteiger charge is 2.56. The summed E-state index contributed by atoms with van der Waals surface area (Å²) in [7, 11) is 0. The predicted octanol–water partition coefficient (Wildman–Crippen LogP) is -3.22. The van der Waals surface area contributed by atoms with Gasteiger partial charge in [0.25, 0.3) is 5.56 Å². The van der Waals surface area contributed by atoms with Crippen molar-refractivity contribution in [2.75, 3.05) is 6.61 Å². The Morgan fingerprint density at radius 1 is 1.43 bits per heavy atom. The van der Waals surface area contributed by atoms with Crippen molar-refractivity contribution in [3.63, 3.8) is 0 Å². The zero-order valence-electron chi connectivity index (χ0n) is 10.7. The van der Waals surface area contributed by atoms with E-state index in [0.29, 0.717) is 4.57 Å². The minimum atomic E-state index is -2.13. The molecule has 2 rings (SSSR count). The fourth-order valence-corrected chi connectivity index (χ4v) is 2.38. The van der Waals surface area contributed by atoms with Gasteiger partial charge in [-0.15, -0.1) is 0 Å². The van der Waals surface area contributed by atoms with Gasteiger partial charge in [-0.2, -0.15) is 0 Å². The molecule has 0 aliphatic carbocycles. The number of ether oxygens (including phenoxy) is 1. The zero-order chi connectivity index (χ0) is 15.8. The average molecular weight is 302 g/mol. The number of aliphatic hydroxyl groups excluding tert-OH is 3. The summed E-state index contributed by atoms with van der Waals surface area (Å²) in [4.78, 5) is 35.9. The molecular weight excluding hydrogens is 288 g/mol. The normalized spacial score (nSPS) is 32.2. The summed E-state index contributed by atoms with van der Waals surface area (Å²) >= 11 is 0. The number of hydrogen-bond donors (Lipinski definition) is 5. The Morgan fingerprint density at radius 3 is 2.57 bits per heavy atom. The number of aromatic nitrogens is 2. The third-order valence-electron chi connectivity index (χ3n) is 3.34. The third-order valence-corrected chi connectivity index (χ3v) is 3.34. The van der Waals surface area contributed by atoms with Crippen molar-refractivity contribution in [3.8, 4) is 0 Å². The molecule has 5 N–H and O–H groups in total. The molecule has 0 amide bonds. The first-order chi connectivity index (χ1) is 9.81. The van der Waals surface area contributed by atoms with Crippen LogP contribution in [0.15, 0.2) is 21.9 Å². The van der Waals surface area contributed by atoms with Crippen LogP contribution in [0.1, 0.15) is 6.42 Å². The number of rotatable bonds is 4. The molecular formula is C11H14N2O8. The zero-order valence-corrected chi connectivity index (χ0v) is 10.7. The van der Waals surface area contributed by atoms with Gasteiger partial charge in [-0.25, -0.2) is 4.79 Å². The van der Waals surface area contributed by atoms with Crippen LogP contribution >= 0.6 is 0 Å². The molecule has 1 aromatic heterocycles. The van der Waals surface area contributed by atoms with Gasteiger partial charge in [0, 0.05) is 12.3 Å². The Kier molecular flexibility index (Phi) is 3.96. The van der Waals surface area contributed by atoms with Crippen LogP contribution in [0.3, 0.4) is 0 Å². The van der Waals surface area contributed by atoms with Crippen LogP contribution in [0.2, 0.25) is 0 Å². The van der Waals surface area contributed by atoms with Crippen LogP contribution in [-0.4, -0.2) is 60.9 Å². The first-order valence-corrected chi connectivity index (χ1v) is 6.01. The van der Waals surface area contributed by atoms with Gasteiger partial charge in [0.15, 0.2) is 5.72 Å². The molecule has 21 heavy (non-hydrogen) atoms. The number of H-pyrrole nitrogens is 1. The lowest BCUT2D eigenvalue weighted by Crippen LogP contribution is -2.52. The molecule has 10 nitrogen and oxygen atoms in total. The smallest absolute Gasteiger partial charge is 0.330 e. The number of aliphatic carboxylic acids is 1. The number of aromatic amines is 1. The van der Waals surface area contributed by atoms with E-state index in [1.165, 1.54) is 0 Å². The lowest BCUT2D eigenvalue weighted by Gasteiger charge is -2.32. The second-order valence-electron chi connectivity index (χ2n) is 4.67. The summed E-state index contributed by atoms with van der Waals surface area (Å²) < 4.78 is 5.94. The van der Waals surface area contributed by atoms with E-state index < -0.39 is 54.3 Å². The Hall–Kier alpha value is -2.01. The molecule has 0 unspecified atom stereocenters. The molecule has 4 atom stereocenters. The number of aliphatic hydroxyl groups is 3. The van der Waals surface area contributed by atoms with E-state index in [-0.39, 0.29) is 0 Å². The van der Waals surface area contributed by atoms with Gasteiger partial charge >= 0.3 is 11.7 Å². The van der Waals surface area contributed by atoms with Crippen molar-refractivity contribution in [2.45, 2.75) is 30.5 Å². The molecule has 1 aliphatic rings. The third kappa shape index (κ3) is 2.49. The summed E-state index contributed by atoms with van der Waals surface area (Å²) in [6, 6.07) is 0.944. The number of nitrogens with one attached hydrogen (secondary N) is 1. The Bertz CT molecular complexity index is 652. The highest BCUT2D eigenvalue weighted by Crippen LogP contribution is 2.37. The number of nitrogens with zero attached hydrogens (tertiary/aromatic N) is 1. The molecule has 1 aromatic rings. The highest BCUT2D eigenvalue weighted by molar-refractivity contribution is 5.68. The van der Waals surface area contributed by atoms with Gasteiger partial charge in [0.2, 0.25) is 0 Å². The van der Waals surface area contributed by atoms with E-state index >= 15 is 0 Å². The van der Waals surface area contributed by atoms with Crippen LogP contribution < -0.4 is 11.2 Å². The van der Waals surface area contributed by atoms with Gasteiger partial charge in [0.1, 0.15) is 18.3 Å². The first-order valence-electron chi connectivity index (χ1n) is 6.01. The van der Waals surface area contributed by atoms with E-state index in [1.54, 1.807) is 0 Å². The van der Waals surface area contributed by atoms with Crippen LogP contribution in [-0.2, 0) is 15.3 Å². The monoisotopic (exact) mass is 302 g/mol. The van der Waals surface area contributed by atoms with E-state index in [0.717, 1.165) is 12.3 Å². The van der Waals surface area contributed by atoms with E-state index in [9.17, 15) is 24.6 Å². The van der Waals surface area contributed by atoms with Crippen LogP contribution in [0.4, 0.5) is 0 Å². The van der Waals surface area contributed by atoms with Gasteiger partial charge in [-0.1, -0.05) is 0 Å². The van der Waals surface area contributed by atoms with Gasteiger partial charge in [0.05, 0.1) is 13.0 Å². The second kappa shape index (κ2) is 5.41. The molecule has 1 aliphatic heterocycles. The van der Waals surface area contributed by atoms with Gasteiger partial charge < -0.3 is 25.2 Å². The van der Waals surface area contributed by atoms with Crippen molar-refractivity contribution < 1.29 is 30.0 Å².